The molecule has 19 heavy (non-hydrogen) atoms. The Morgan fingerprint density at radius 2 is 1.89 bits per heavy atom. The molecule has 5 nitrogen and oxygen atoms in total. The van der Waals surface area contributed by atoms with Gasteiger partial charge in [0.25, 0.3) is 5.16 Å². The summed E-state index contributed by atoms with van der Waals surface area (Å²) in [6.45, 7) is 3.86. The fourth-order valence-electron chi connectivity index (χ4n) is 1.64. The topological polar surface area (TPSA) is 75.7 Å². The first kappa shape index (κ1) is 13.7. The van der Waals surface area contributed by atoms with Gasteiger partial charge in [0.2, 0.25) is 9.84 Å². The third kappa shape index (κ3) is 3.41. The van der Waals surface area contributed by atoms with Crippen molar-refractivity contribution in [2.24, 2.45) is 0 Å². The van der Waals surface area contributed by atoms with Crippen molar-refractivity contribution in [2.75, 3.05) is 5.75 Å². The maximum Gasteiger partial charge on any atom is 0.266 e. The minimum absolute atomic E-state index is 0.0202. The number of nitrogens with zero attached hydrogens (tertiary/aromatic N) is 2. The summed E-state index contributed by atoms with van der Waals surface area (Å²) in [7, 11) is -3.42. The van der Waals surface area contributed by atoms with Crippen LogP contribution in [-0.4, -0.2) is 29.4 Å². The van der Waals surface area contributed by atoms with Gasteiger partial charge < -0.3 is 0 Å². The minimum Gasteiger partial charge on any atom is -0.262 e. The van der Waals surface area contributed by atoms with Crippen LogP contribution in [0.25, 0.3) is 0 Å². The van der Waals surface area contributed by atoms with Crippen LogP contribution >= 0.6 is 0 Å². The summed E-state index contributed by atoms with van der Waals surface area (Å²) < 4.78 is 24.2. The van der Waals surface area contributed by atoms with E-state index in [0.29, 0.717) is 12.2 Å². The molecular formula is C13H17N3O2S. The summed E-state index contributed by atoms with van der Waals surface area (Å²) in [5.74, 6) is 0.746. The molecule has 102 valence electrons. The van der Waals surface area contributed by atoms with Crippen molar-refractivity contribution in [3.8, 4) is 0 Å². The standard InChI is InChI=1S/C13H17N3O2S/c1-10(2)12-14-13(16-15-12)19(17,18)9-8-11-6-4-3-5-7-11/h3-7,10H,8-9H2,1-2H3,(H,14,15,16). The molecule has 0 bridgehead atoms. The highest BCUT2D eigenvalue weighted by Crippen LogP contribution is 2.13. The van der Waals surface area contributed by atoms with Gasteiger partial charge >= 0.3 is 0 Å². The van der Waals surface area contributed by atoms with Crippen LogP contribution < -0.4 is 0 Å². The van der Waals surface area contributed by atoms with Crippen LogP contribution in [0.1, 0.15) is 31.2 Å². The van der Waals surface area contributed by atoms with Crippen LogP contribution in [0.3, 0.4) is 0 Å². The molecule has 0 atom stereocenters. The molecule has 0 aliphatic heterocycles. The Morgan fingerprint density at radius 3 is 2.47 bits per heavy atom. The van der Waals surface area contributed by atoms with Crippen molar-refractivity contribution in [2.45, 2.75) is 31.3 Å². The fourth-order valence-corrected chi connectivity index (χ4v) is 2.75. The number of nitrogens with one attached hydrogen (secondary N) is 1. The van der Waals surface area contributed by atoms with E-state index in [0.717, 1.165) is 5.56 Å². The largest absolute Gasteiger partial charge is 0.266 e. The molecule has 1 N–H and O–H groups in total. The highest BCUT2D eigenvalue weighted by atomic mass is 32.2. The van der Waals surface area contributed by atoms with Gasteiger partial charge in [-0.1, -0.05) is 44.2 Å². The Hall–Kier alpha value is -1.69. The lowest BCUT2D eigenvalue weighted by atomic mass is 10.2. The smallest absolute Gasteiger partial charge is 0.262 e. The lowest BCUT2D eigenvalue weighted by Gasteiger charge is -2.00. The summed E-state index contributed by atoms with van der Waals surface area (Å²) in [5, 5.41) is 6.36. The zero-order valence-corrected chi connectivity index (χ0v) is 11.8. The first-order chi connectivity index (χ1) is 8.99. The summed E-state index contributed by atoms with van der Waals surface area (Å²) in [4.78, 5) is 4.04. The Kier molecular flexibility index (Phi) is 3.99. The van der Waals surface area contributed by atoms with Crippen molar-refractivity contribution in [3.63, 3.8) is 0 Å². The van der Waals surface area contributed by atoms with Gasteiger partial charge in [-0.25, -0.2) is 13.4 Å². The summed E-state index contributed by atoms with van der Waals surface area (Å²) in [6.07, 6.45) is 0.467. The lowest BCUT2D eigenvalue weighted by molar-refractivity contribution is 0.586. The molecule has 6 heteroatoms. The molecule has 0 amide bonds. The summed E-state index contributed by atoms with van der Waals surface area (Å²) in [5.41, 5.74) is 0.991. The van der Waals surface area contributed by atoms with Crippen LogP contribution in [0.4, 0.5) is 0 Å². The molecule has 0 aliphatic rings. The van der Waals surface area contributed by atoms with E-state index in [4.69, 9.17) is 0 Å². The monoisotopic (exact) mass is 279 g/mol. The van der Waals surface area contributed by atoms with Crippen LogP contribution in [0, 0.1) is 0 Å². The van der Waals surface area contributed by atoms with Gasteiger partial charge in [0, 0.05) is 5.92 Å². The molecular weight excluding hydrogens is 262 g/mol. The molecule has 0 radical (unpaired) electrons. The number of sulfone groups is 1. The number of H-pyrrole nitrogens is 1. The Bertz CT molecular complexity index is 633. The van der Waals surface area contributed by atoms with Crippen molar-refractivity contribution in [3.05, 3.63) is 41.7 Å². The van der Waals surface area contributed by atoms with Gasteiger partial charge in [-0.3, -0.25) is 5.10 Å². The number of hydrogen-bond acceptors (Lipinski definition) is 4. The van der Waals surface area contributed by atoms with E-state index in [1.165, 1.54) is 0 Å². The van der Waals surface area contributed by atoms with Gasteiger partial charge in [0.1, 0.15) is 5.82 Å². The molecule has 1 heterocycles. The number of benzene rings is 1. The van der Waals surface area contributed by atoms with Gasteiger partial charge in [0.05, 0.1) is 5.75 Å². The van der Waals surface area contributed by atoms with Gasteiger partial charge in [-0.2, -0.15) is 0 Å². The lowest BCUT2D eigenvalue weighted by Crippen LogP contribution is -2.11. The average Bonchev–Trinajstić information content (AvgIpc) is 2.88. The first-order valence-electron chi connectivity index (χ1n) is 6.18. The Morgan fingerprint density at radius 1 is 1.21 bits per heavy atom. The second-order valence-electron chi connectivity index (χ2n) is 4.71. The zero-order valence-electron chi connectivity index (χ0n) is 11.0. The Balaban J connectivity index is 2.09. The summed E-state index contributed by atoms with van der Waals surface area (Å²) in [6, 6.07) is 9.51. The molecule has 1 aromatic carbocycles. The molecule has 0 spiro atoms. The first-order valence-corrected chi connectivity index (χ1v) is 7.83. The number of aryl methyl sites for hydroxylation is 1. The van der Waals surface area contributed by atoms with E-state index in [9.17, 15) is 8.42 Å². The maximum absolute atomic E-state index is 12.1. The molecule has 2 rings (SSSR count). The van der Waals surface area contributed by atoms with E-state index in [1.807, 2.05) is 44.2 Å². The zero-order chi connectivity index (χ0) is 13.9. The predicted molar refractivity (Wildman–Crippen MR) is 72.7 cm³/mol. The third-order valence-electron chi connectivity index (χ3n) is 2.81. The highest BCUT2D eigenvalue weighted by Gasteiger charge is 2.20. The molecule has 0 aliphatic carbocycles. The number of rotatable bonds is 5. The number of aromatic nitrogens is 3. The molecule has 0 saturated heterocycles. The van der Waals surface area contributed by atoms with Crippen LogP contribution in [-0.2, 0) is 16.3 Å². The highest BCUT2D eigenvalue weighted by molar-refractivity contribution is 7.91. The SMILES string of the molecule is CC(C)c1nc(S(=O)(=O)CCc2ccccc2)n[nH]1. The normalized spacial score (nSPS) is 11.9. The van der Waals surface area contributed by atoms with Crippen molar-refractivity contribution < 1.29 is 8.42 Å². The van der Waals surface area contributed by atoms with Gasteiger partial charge in [-0.15, -0.1) is 5.10 Å². The fraction of sp³-hybridized carbons (Fsp3) is 0.385. The quantitative estimate of drug-likeness (QED) is 0.907. The van der Waals surface area contributed by atoms with Crippen LogP contribution in [0.5, 0.6) is 0 Å². The Labute approximate surface area is 113 Å². The maximum atomic E-state index is 12.1. The second-order valence-corrected chi connectivity index (χ2v) is 6.72. The van der Waals surface area contributed by atoms with E-state index in [-0.39, 0.29) is 16.8 Å². The molecule has 1 aromatic heterocycles. The van der Waals surface area contributed by atoms with Crippen molar-refractivity contribution in [1.82, 2.24) is 15.2 Å². The molecule has 0 fully saturated rings. The molecule has 0 unspecified atom stereocenters. The number of hydrogen-bond donors (Lipinski definition) is 1. The molecule has 2 aromatic rings. The van der Waals surface area contributed by atoms with Crippen molar-refractivity contribution in [1.29, 1.82) is 0 Å². The predicted octanol–water partition coefficient (Wildman–Crippen LogP) is 1.94. The van der Waals surface area contributed by atoms with Crippen LogP contribution in [0.15, 0.2) is 35.5 Å². The summed E-state index contributed by atoms with van der Waals surface area (Å²) >= 11 is 0. The van der Waals surface area contributed by atoms with E-state index >= 15 is 0 Å². The van der Waals surface area contributed by atoms with E-state index in [2.05, 4.69) is 15.2 Å². The van der Waals surface area contributed by atoms with E-state index < -0.39 is 9.84 Å². The molecule has 0 saturated carbocycles. The van der Waals surface area contributed by atoms with Crippen LogP contribution in [0.2, 0.25) is 0 Å². The third-order valence-corrected chi connectivity index (χ3v) is 4.29. The van der Waals surface area contributed by atoms with Crippen molar-refractivity contribution >= 4 is 9.84 Å². The average molecular weight is 279 g/mol. The van der Waals surface area contributed by atoms with Gasteiger partial charge in [-0.05, 0) is 12.0 Å². The van der Waals surface area contributed by atoms with Gasteiger partial charge in [0.15, 0.2) is 0 Å². The number of aromatic amines is 1. The van der Waals surface area contributed by atoms with E-state index in [1.54, 1.807) is 0 Å². The second kappa shape index (κ2) is 5.52. The minimum atomic E-state index is -3.42.